The van der Waals surface area contributed by atoms with Crippen molar-refractivity contribution < 1.29 is 19.1 Å². The van der Waals surface area contributed by atoms with Gasteiger partial charge >= 0.3 is 0 Å². The molecule has 2 aromatic rings. The Morgan fingerprint density at radius 2 is 1.70 bits per heavy atom. The van der Waals surface area contributed by atoms with Crippen LogP contribution in [0.2, 0.25) is 0 Å². The molecule has 27 heavy (non-hydrogen) atoms. The number of hydrogen-bond donors (Lipinski definition) is 2. The van der Waals surface area contributed by atoms with E-state index in [4.69, 9.17) is 9.47 Å². The Labute approximate surface area is 167 Å². The van der Waals surface area contributed by atoms with Gasteiger partial charge in [0.25, 0.3) is 0 Å². The smallest absolute Gasteiger partial charge is 0.243 e. The lowest BCUT2D eigenvalue weighted by molar-refractivity contribution is -0.123. The molecule has 0 saturated heterocycles. The highest BCUT2D eigenvalue weighted by molar-refractivity contribution is 9.10. The normalized spacial score (nSPS) is 10.3. The van der Waals surface area contributed by atoms with Crippen LogP contribution in [0.4, 0.5) is 5.69 Å². The molecule has 2 amide bonds. The van der Waals surface area contributed by atoms with E-state index in [9.17, 15) is 9.59 Å². The van der Waals surface area contributed by atoms with Crippen molar-refractivity contribution in [3.05, 3.63) is 51.5 Å². The number of anilines is 1. The van der Waals surface area contributed by atoms with Gasteiger partial charge in [-0.05, 0) is 48.7 Å². The monoisotopic (exact) mass is 434 g/mol. The molecule has 0 radical (unpaired) electrons. The number of hydrogen-bond acceptors (Lipinski definition) is 4. The van der Waals surface area contributed by atoms with Gasteiger partial charge in [-0.15, -0.1) is 0 Å². The van der Waals surface area contributed by atoms with Crippen molar-refractivity contribution in [3.63, 3.8) is 0 Å². The molecule has 0 spiro atoms. The third kappa shape index (κ3) is 5.47. The minimum Gasteiger partial charge on any atom is -0.493 e. The van der Waals surface area contributed by atoms with Crippen LogP contribution in [0.3, 0.4) is 0 Å². The number of carbonyl (C=O) groups excluding carboxylic acids is 2. The fraction of sp³-hybridized carbons (Fsp3) is 0.300. The molecule has 0 aliphatic heterocycles. The summed E-state index contributed by atoms with van der Waals surface area (Å²) in [5, 5.41) is 5.45. The van der Waals surface area contributed by atoms with E-state index in [1.165, 1.54) is 7.11 Å². The molecule has 2 rings (SSSR count). The van der Waals surface area contributed by atoms with Crippen LogP contribution < -0.4 is 20.1 Å². The highest BCUT2D eigenvalue weighted by atomic mass is 79.9. The minimum atomic E-state index is -0.275. The van der Waals surface area contributed by atoms with Crippen molar-refractivity contribution in [1.29, 1.82) is 0 Å². The number of aryl methyl sites for hydroxylation is 1. The van der Waals surface area contributed by atoms with Crippen LogP contribution >= 0.6 is 15.9 Å². The van der Waals surface area contributed by atoms with Crippen molar-refractivity contribution in [2.24, 2.45) is 0 Å². The van der Waals surface area contributed by atoms with Crippen molar-refractivity contribution in [3.8, 4) is 11.5 Å². The van der Waals surface area contributed by atoms with Crippen molar-refractivity contribution in [2.45, 2.75) is 20.3 Å². The number of benzene rings is 2. The van der Waals surface area contributed by atoms with Gasteiger partial charge < -0.3 is 20.1 Å². The molecule has 0 aliphatic carbocycles. The maximum Gasteiger partial charge on any atom is 0.243 e. The molecule has 0 bridgehead atoms. The summed E-state index contributed by atoms with van der Waals surface area (Å²) in [6.45, 7) is 3.82. The highest BCUT2D eigenvalue weighted by Crippen LogP contribution is 2.33. The summed E-state index contributed by atoms with van der Waals surface area (Å²) >= 11 is 3.42. The first-order valence-corrected chi connectivity index (χ1v) is 9.18. The highest BCUT2D eigenvalue weighted by Gasteiger charge is 2.14. The molecule has 0 saturated carbocycles. The Hall–Kier alpha value is -2.54. The third-order valence-corrected chi connectivity index (χ3v) is 4.97. The first-order valence-electron chi connectivity index (χ1n) is 8.38. The van der Waals surface area contributed by atoms with Gasteiger partial charge in [-0.3, -0.25) is 9.59 Å². The quantitative estimate of drug-likeness (QED) is 0.699. The molecule has 144 valence electrons. The Kier molecular flexibility index (Phi) is 7.24. The Morgan fingerprint density at radius 3 is 2.37 bits per heavy atom. The van der Waals surface area contributed by atoms with Gasteiger partial charge in [0.2, 0.25) is 11.8 Å². The third-order valence-electron chi connectivity index (χ3n) is 4.23. The molecule has 0 heterocycles. The summed E-state index contributed by atoms with van der Waals surface area (Å²) in [5.74, 6) is 0.570. The molecule has 0 aromatic heterocycles. The van der Waals surface area contributed by atoms with Crippen LogP contribution in [0.15, 0.2) is 34.8 Å². The van der Waals surface area contributed by atoms with Gasteiger partial charge in [-0.25, -0.2) is 0 Å². The lowest BCUT2D eigenvalue weighted by atomic mass is 10.1. The number of ether oxygens (including phenoxy) is 2. The van der Waals surface area contributed by atoms with Crippen LogP contribution in [0.1, 0.15) is 16.7 Å². The van der Waals surface area contributed by atoms with E-state index >= 15 is 0 Å². The lowest BCUT2D eigenvalue weighted by Crippen LogP contribution is -2.34. The fourth-order valence-electron chi connectivity index (χ4n) is 2.53. The van der Waals surface area contributed by atoms with Crippen LogP contribution in [-0.2, 0) is 16.0 Å². The summed E-state index contributed by atoms with van der Waals surface area (Å²) in [7, 11) is 3.08. The predicted octanol–water partition coefficient (Wildman–Crippen LogP) is 3.38. The number of methoxy groups -OCH3 is 2. The van der Waals surface area contributed by atoms with Crippen molar-refractivity contribution in [1.82, 2.24) is 5.32 Å². The SMILES string of the molecule is COc1cc(Br)c(CC(=O)NCC(=O)Nc2cccc(C)c2C)cc1OC. The van der Waals surface area contributed by atoms with Gasteiger partial charge in [-0.1, -0.05) is 28.1 Å². The van der Waals surface area contributed by atoms with Crippen LogP contribution in [0, 0.1) is 13.8 Å². The molecule has 6 nitrogen and oxygen atoms in total. The Bertz CT molecular complexity index is 852. The van der Waals surface area contributed by atoms with Crippen molar-refractivity contribution >= 4 is 33.4 Å². The number of amides is 2. The molecular weight excluding hydrogens is 412 g/mol. The van der Waals surface area contributed by atoms with E-state index in [1.807, 2.05) is 32.0 Å². The lowest BCUT2D eigenvalue weighted by Gasteiger charge is -2.13. The minimum absolute atomic E-state index is 0.100. The number of rotatable bonds is 7. The number of carbonyl (C=O) groups is 2. The first-order chi connectivity index (χ1) is 12.8. The number of nitrogens with one attached hydrogen (secondary N) is 2. The summed E-state index contributed by atoms with van der Waals surface area (Å²) in [6, 6.07) is 9.18. The second kappa shape index (κ2) is 9.41. The molecule has 7 heteroatoms. The average Bonchev–Trinajstić information content (AvgIpc) is 2.65. The van der Waals surface area contributed by atoms with Gasteiger partial charge in [0, 0.05) is 10.2 Å². The first kappa shape index (κ1) is 20.8. The number of halogens is 1. The molecule has 0 atom stereocenters. The summed E-state index contributed by atoms with van der Waals surface area (Å²) in [5.41, 5.74) is 3.58. The molecule has 0 fully saturated rings. The van der Waals surface area contributed by atoms with E-state index < -0.39 is 0 Å². The topological polar surface area (TPSA) is 76.7 Å². The molecule has 0 aliphatic rings. The predicted molar refractivity (Wildman–Crippen MR) is 109 cm³/mol. The zero-order valence-electron chi connectivity index (χ0n) is 15.8. The van der Waals surface area contributed by atoms with Crippen LogP contribution in [0.25, 0.3) is 0 Å². The summed E-state index contributed by atoms with van der Waals surface area (Å²) in [6.07, 6.45) is 0.109. The zero-order chi connectivity index (χ0) is 20.0. The van der Waals surface area contributed by atoms with Crippen molar-refractivity contribution in [2.75, 3.05) is 26.1 Å². The molecule has 2 N–H and O–H groups in total. The molecule has 2 aromatic carbocycles. The largest absolute Gasteiger partial charge is 0.493 e. The van der Waals surface area contributed by atoms with Gasteiger partial charge in [0.1, 0.15) is 0 Å². The molecule has 0 unspecified atom stereocenters. The van der Waals surface area contributed by atoms with E-state index in [2.05, 4.69) is 26.6 Å². The maximum atomic E-state index is 12.2. The fourth-order valence-corrected chi connectivity index (χ4v) is 2.99. The Morgan fingerprint density at radius 1 is 1.04 bits per heavy atom. The average molecular weight is 435 g/mol. The Balaban J connectivity index is 1.94. The van der Waals surface area contributed by atoms with E-state index in [0.29, 0.717) is 11.5 Å². The molecular formula is C20H23BrN2O4. The van der Waals surface area contributed by atoms with E-state index in [-0.39, 0.29) is 24.8 Å². The second-order valence-corrected chi connectivity index (χ2v) is 6.90. The van der Waals surface area contributed by atoms with Crippen LogP contribution in [0.5, 0.6) is 11.5 Å². The van der Waals surface area contributed by atoms with E-state index in [1.54, 1.807) is 19.2 Å². The zero-order valence-corrected chi connectivity index (χ0v) is 17.4. The summed E-state index contributed by atoms with van der Waals surface area (Å²) in [4.78, 5) is 24.3. The van der Waals surface area contributed by atoms with Gasteiger partial charge in [-0.2, -0.15) is 0 Å². The standard InChI is InChI=1S/C20H23BrN2O4/c1-12-6-5-7-16(13(12)2)23-20(25)11-22-19(24)9-14-8-17(26-3)18(27-4)10-15(14)21/h5-8,10H,9,11H2,1-4H3,(H,22,24)(H,23,25). The van der Waals surface area contributed by atoms with Crippen LogP contribution in [-0.4, -0.2) is 32.6 Å². The summed E-state index contributed by atoms with van der Waals surface area (Å²) < 4.78 is 11.2. The van der Waals surface area contributed by atoms with Gasteiger partial charge in [0.15, 0.2) is 11.5 Å². The van der Waals surface area contributed by atoms with Gasteiger partial charge in [0.05, 0.1) is 27.2 Å². The van der Waals surface area contributed by atoms with E-state index in [0.717, 1.165) is 26.9 Å². The second-order valence-electron chi connectivity index (χ2n) is 6.05. The maximum absolute atomic E-state index is 12.2.